The average molecular weight is 236 g/mol. The Morgan fingerprint density at radius 1 is 1.38 bits per heavy atom. The van der Waals surface area contributed by atoms with E-state index in [4.69, 9.17) is 4.74 Å². The van der Waals surface area contributed by atoms with Gasteiger partial charge in [-0.3, -0.25) is 4.79 Å². The van der Waals surface area contributed by atoms with Crippen LogP contribution in [0.1, 0.15) is 24.5 Å². The monoisotopic (exact) mass is 236 g/mol. The van der Waals surface area contributed by atoms with Crippen LogP contribution >= 0.6 is 11.8 Å². The molecular weight excluding hydrogens is 220 g/mol. The molecule has 1 aliphatic rings. The number of hydrogen-bond donors (Lipinski definition) is 0. The van der Waals surface area contributed by atoms with Crippen molar-refractivity contribution in [2.24, 2.45) is 0 Å². The first-order valence-electron chi connectivity index (χ1n) is 5.50. The summed E-state index contributed by atoms with van der Waals surface area (Å²) in [6.07, 6.45) is 0.881. The Hall–Kier alpha value is -0.960. The number of rotatable bonds is 2. The number of hydrogen-bond acceptors (Lipinski definition) is 3. The predicted octanol–water partition coefficient (Wildman–Crippen LogP) is 3.10. The lowest BCUT2D eigenvalue weighted by molar-refractivity contribution is -0.140. The molecule has 2 rings (SSSR count). The van der Waals surface area contributed by atoms with Crippen LogP contribution in [0, 0.1) is 13.8 Å². The second-order valence-corrected chi connectivity index (χ2v) is 5.60. The Bertz CT molecular complexity index is 414. The molecule has 0 radical (unpaired) electrons. The fraction of sp³-hybridized carbons (Fsp3) is 0.462. The summed E-state index contributed by atoms with van der Waals surface area (Å²) in [5.74, 6) is -0.0709. The third-order valence-corrected chi connectivity index (χ3v) is 4.10. The molecule has 0 spiro atoms. The van der Waals surface area contributed by atoms with Gasteiger partial charge in [0.05, 0.1) is 0 Å². The Kier molecular flexibility index (Phi) is 3.24. The topological polar surface area (TPSA) is 26.3 Å². The normalized spacial score (nSPS) is 24.6. The lowest BCUT2D eigenvalue weighted by atomic mass is 10.2. The van der Waals surface area contributed by atoms with Gasteiger partial charge in [-0.25, -0.2) is 0 Å². The van der Waals surface area contributed by atoms with Crippen molar-refractivity contribution in [3.05, 3.63) is 29.3 Å². The van der Waals surface area contributed by atoms with Gasteiger partial charge in [-0.1, -0.05) is 17.7 Å². The number of aryl methyl sites for hydroxylation is 2. The molecule has 0 N–H and O–H groups in total. The summed E-state index contributed by atoms with van der Waals surface area (Å²) in [5, 5.41) is -0.0319. The molecular formula is C13H16O2S. The fourth-order valence-corrected chi connectivity index (χ4v) is 3.14. The standard InChI is InChI=1S/C13H16O2S/c1-8-4-5-9(2)11(6-8)16-12-7-10(3)15-13(12)14/h4-6,10,12H,7H2,1-3H3. The van der Waals surface area contributed by atoms with Gasteiger partial charge in [0.2, 0.25) is 0 Å². The highest BCUT2D eigenvalue weighted by atomic mass is 32.2. The average Bonchev–Trinajstić information content (AvgIpc) is 2.51. The van der Waals surface area contributed by atoms with E-state index in [-0.39, 0.29) is 17.3 Å². The zero-order chi connectivity index (χ0) is 11.7. The molecule has 2 atom stereocenters. The van der Waals surface area contributed by atoms with E-state index in [2.05, 4.69) is 32.0 Å². The van der Waals surface area contributed by atoms with Crippen molar-refractivity contribution in [3.63, 3.8) is 0 Å². The van der Waals surface area contributed by atoms with Gasteiger partial charge < -0.3 is 4.74 Å². The molecule has 1 fully saturated rings. The minimum Gasteiger partial charge on any atom is -0.462 e. The van der Waals surface area contributed by atoms with Crippen LogP contribution in [-0.4, -0.2) is 17.3 Å². The van der Waals surface area contributed by atoms with E-state index in [1.54, 1.807) is 11.8 Å². The number of carbonyl (C=O) groups is 1. The number of carbonyl (C=O) groups excluding carboxylic acids is 1. The van der Waals surface area contributed by atoms with Gasteiger partial charge in [0.15, 0.2) is 0 Å². The van der Waals surface area contributed by atoms with E-state index in [1.807, 2.05) is 6.92 Å². The zero-order valence-corrected chi connectivity index (χ0v) is 10.6. The molecule has 0 bridgehead atoms. The molecule has 0 amide bonds. The first-order valence-corrected chi connectivity index (χ1v) is 6.38. The van der Waals surface area contributed by atoms with Crippen molar-refractivity contribution in [3.8, 4) is 0 Å². The van der Waals surface area contributed by atoms with E-state index < -0.39 is 0 Å². The molecule has 3 heteroatoms. The van der Waals surface area contributed by atoms with Crippen LogP contribution in [0.15, 0.2) is 23.1 Å². The first-order chi connectivity index (χ1) is 7.56. The number of thioether (sulfide) groups is 1. The van der Waals surface area contributed by atoms with E-state index in [9.17, 15) is 4.79 Å². The van der Waals surface area contributed by atoms with E-state index in [0.717, 1.165) is 6.42 Å². The summed E-state index contributed by atoms with van der Waals surface area (Å²) in [6, 6.07) is 6.33. The largest absolute Gasteiger partial charge is 0.462 e. The maximum atomic E-state index is 11.5. The molecule has 1 aromatic carbocycles. The van der Waals surface area contributed by atoms with Crippen LogP contribution in [0.4, 0.5) is 0 Å². The van der Waals surface area contributed by atoms with Crippen LogP contribution in [0.5, 0.6) is 0 Å². The minimum atomic E-state index is -0.0709. The molecule has 1 heterocycles. The molecule has 16 heavy (non-hydrogen) atoms. The summed E-state index contributed by atoms with van der Waals surface area (Å²) in [7, 11) is 0. The Morgan fingerprint density at radius 2 is 2.12 bits per heavy atom. The third kappa shape index (κ3) is 2.40. The van der Waals surface area contributed by atoms with Crippen molar-refractivity contribution < 1.29 is 9.53 Å². The third-order valence-electron chi connectivity index (χ3n) is 2.74. The number of benzene rings is 1. The molecule has 1 aliphatic heterocycles. The Balaban J connectivity index is 2.15. The number of cyclic esters (lactones) is 1. The summed E-state index contributed by atoms with van der Waals surface area (Å²) in [5.41, 5.74) is 2.45. The minimum absolute atomic E-state index is 0.0319. The van der Waals surface area contributed by atoms with E-state index in [1.165, 1.54) is 16.0 Å². The van der Waals surface area contributed by atoms with Crippen molar-refractivity contribution >= 4 is 17.7 Å². The van der Waals surface area contributed by atoms with Gasteiger partial charge in [0.1, 0.15) is 11.4 Å². The van der Waals surface area contributed by atoms with E-state index in [0.29, 0.717) is 0 Å². The van der Waals surface area contributed by atoms with Crippen LogP contribution in [0.2, 0.25) is 0 Å². The van der Waals surface area contributed by atoms with Crippen molar-refractivity contribution in [1.29, 1.82) is 0 Å². The van der Waals surface area contributed by atoms with Crippen LogP contribution < -0.4 is 0 Å². The molecule has 1 aromatic rings. The Morgan fingerprint density at radius 3 is 2.75 bits per heavy atom. The maximum Gasteiger partial charge on any atom is 0.319 e. The Labute approximate surface area is 100 Å². The summed E-state index contributed by atoms with van der Waals surface area (Å²) in [4.78, 5) is 12.7. The van der Waals surface area contributed by atoms with Crippen molar-refractivity contribution in [2.45, 2.75) is 43.4 Å². The van der Waals surface area contributed by atoms with Gasteiger partial charge in [-0.15, -0.1) is 11.8 Å². The van der Waals surface area contributed by atoms with E-state index >= 15 is 0 Å². The quantitative estimate of drug-likeness (QED) is 0.738. The molecule has 2 unspecified atom stereocenters. The highest BCUT2D eigenvalue weighted by molar-refractivity contribution is 8.00. The number of esters is 1. The van der Waals surface area contributed by atoms with Gasteiger partial charge in [-0.05, 0) is 32.4 Å². The molecule has 0 saturated carbocycles. The van der Waals surface area contributed by atoms with Gasteiger partial charge in [0, 0.05) is 11.3 Å². The van der Waals surface area contributed by atoms with Gasteiger partial charge in [-0.2, -0.15) is 0 Å². The number of ether oxygens (including phenoxy) is 1. The predicted molar refractivity (Wildman–Crippen MR) is 65.7 cm³/mol. The van der Waals surface area contributed by atoms with Crippen LogP contribution in [0.25, 0.3) is 0 Å². The van der Waals surface area contributed by atoms with Crippen molar-refractivity contribution in [1.82, 2.24) is 0 Å². The molecule has 0 aliphatic carbocycles. The highest BCUT2D eigenvalue weighted by Crippen LogP contribution is 2.34. The van der Waals surface area contributed by atoms with Crippen molar-refractivity contribution in [2.75, 3.05) is 0 Å². The second kappa shape index (κ2) is 4.50. The lowest BCUT2D eigenvalue weighted by Gasteiger charge is -2.09. The van der Waals surface area contributed by atoms with Gasteiger partial charge in [0.25, 0.3) is 0 Å². The fourth-order valence-electron chi connectivity index (χ4n) is 1.80. The molecule has 2 nitrogen and oxygen atoms in total. The van der Waals surface area contributed by atoms with Crippen LogP contribution in [0.3, 0.4) is 0 Å². The summed E-state index contributed by atoms with van der Waals surface area (Å²) >= 11 is 1.63. The summed E-state index contributed by atoms with van der Waals surface area (Å²) < 4.78 is 5.16. The molecule has 86 valence electrons. The molecule has 1 saturated heterocycles. The SMILES string of the molecule is Cc1ccc(C)c(SC2CC(C)OC2=O)c1. The molecule has 0 aromatic heterocycles. The lowest BCUT2D eigenvalue weighted by Crippen LogP contribution is -2.09. The zero-order valence-electron chi connectivity index (χ0n) is 9.82. The maximum absolute atomic E-state index is 11.5. The second-order valence-electron chi connectivity index (χ2n) is 4.36. The summed E-state index contributed by atoms with van der Waals surface area (Å²) in [6.45, 7) is 6.09. The highest BCUT2D eigenvalue weighted by Gasteiger charge is 2.32. The van der Waals surface area contributed by atoms with Crippen LogP contribution in [-0.2, 0) is 9.53 Å². The first kappa shape index (κ1) is 11.5. The smallest absolute Gasteiger partial charge is 0.319 e. The van der Waals surface area contributed by atoms with Gasteiger partial charge >= 0.3 is 5.97 Å².